The Hall–Kier alpha value is -3.23. The van der Waals surface area contributed by atoms with Crippen LogP contribution in [0.15, 0.2) is 48.8 Å². The molecule has 0 bridgehead atoms. The van der Waals surface area contributed by atoms with Gasteiger partial charge in [-0.3, -0.25) is 4.79 Å². The zero-order valence-corrected chi connectivity index (χ0v) is 18.1. The summed E-state index contributed by atoms with van der Waals surface area (Å²) >= 11 is 0. The second-order valence-corrected chi connectivity index (χ2v) is 8.30. The van der Waals surface area contributed by atoms with Crippen molar-refractivity contribution in [2.24, 2.45) is 0 Å². The van der Waals surface area contributed by atoms with Crippen LogP contribution in [0, 0.1) is 6.92 Å². The second kappa shape index (κ2) is 9.93. The minimum Gasteiger partial charge on any atom is -0.394 e. The number of benzene rings is 1. The van der Waals surface area contributed by atoms with E-state index in [2.05, 4.69) is 25.6 Å². The van der Waals surface area contributed by atoms with Crippen molar-refractivity contribution in [2.75, 3.05) is 11.9 Å². The van der Waals surface area contributed by atoms with E-state index in [0.717, 1.165) is 48.1 Å². The van der Waals surface area contributed by atoms with Crippen molar-refractivity contribution in [1.82, 2.24) is 20.3 Å². The molecule has 8 nitrogen and oxygen atoms in total. The van der Waals surface area contributed by atoms with Crippen LogP contribution in [0.1, 0.15) is 53.3 Å². The third-order valence-electron chi connectivity index (χ3n) is 5.89. The highest BCUT2D eigenvalue weighted by Crippen LogP contribution is 2.25. The molecule has 2 heterocycles. The predicted molar refractivity (Wildman–Crippen MR) is 122 cm³/mol. The SMILES string of the molecule is Cc1cnc(NC2CCC(O)CC2)nc1-c1c[nH]c(C(=O)NC(CO)c2ccccc2)c1. The van der Waals surface area contributed by atoms with Gasteiger partial charge in [-0.05, 0) is 49.8 Å². The van der Waals surface area contributed by atoms with E-state index >= 15 is 0 Å². The summed E-state index contributed by atoms with van der Waals surface area (Å²) < 4.78 is 0. The first-order valence-electron chi connectivity index (χ1n) is 11.0. The standard InChI is InChI=1S/C24H29N5O3/c1-15-12-26-24(27-18-7-9-19(31)10-8-18)29-22(15)17-11-20(25-13-17)23(32)28-21(14-30)16-5-3-2-4-6-16/h2-6,11-13,18-19,21,25,30-31H,7-10,14H2,1H3,(H,28,32)(H,26,27,29). The lowest BCUT2D eigenvalue weighted by Crippen LogP contribution is -2.30. The normalized spacial score (nSPS) is 19.3. The Morgan fingerprint density at radius 1 is 1.22 bits per heavy atom. The number of anilines is 1. The molecule has 5 N–H and O–H groups in total. The molecule has 3 aromatic rings. The minimum atomic E-state index is -0.485. The van der Waals surface area contributed by atoms with Crippen molar-refractivity contribution in [2.45, 2.75) is 50.8 Å². The van der Waals surface area contributed by atoms with E-state index in [4.69, 9.17) is 0 Å². The number of aliphatic hydroxyl groups excluding tert-OH is 2. The van der Waals surface area contributed by atoms with E-state index < -0.39 is 6.04 Å². The summed E-state index contributed by atoms with van der Waals surface area (Å²) in [6, 6.07) is 10.9. The number of aliphatic hydroxyl groups is 2. The molecule has 8 heteroatoms. The van der Waals surface area contributed by atoms with Crippen molar-refractivity contribution in [3.8, 4) is 11.3 Å². The Bertz CT molecular complexity index is 1040. The van der Waals surface area contributed by atoms with Gasteiger partial charge in [0.1, 0.15) is 5.69 Å². The molecule has 1 atom stereocenters. The van der Waals surface area contributed by atoms with Gasteiger partial charge in [0, 0.05) is 24.0 Å². The molecule has 1 saturated carbocycles. The second-order valence-electron chi connectivity index (χ2n) is 8.30. The van der Waals surface area contributed by atoms with Gasteiger partial charge in [0.2, 0.25) is 5.95 Å². The molecule has 1 aliphatic rings. The van der Waals surface area contributed by atoms with E-state index in [9.17, 15) is 15.0 Å². The van der Waals surface area contributed by atoms with Gasteiger partial charge in [0.05, 0.1) is 24.4 Å². The molecule has 1 aromatic carbocycles. The Morgan fingerprint density at radius 2 is 1.97 bits per heavy atom. The predicted octanol–water partition coefficient (Wildman–Crippen LogP) is 2.96. The molecule has 0 radical (unpaired) electrons. The molecular formula is C24H29N5O3. The number of aryl methyl sites for hydroxylation is 1. The van der Waals surface area contributed by atoms with Crippen LogP contribution >= 0.6 is 0 Å². The number of aromatic nitrogens is 3. The number of H-pyrrole nitrogens is 1. The fourth-order valence-corrected chi connectivity index (χ4v) is 4.02. The van der Waals surface area contributed by atoms with E-state index in [0.29, 0.717) is 11.6 Å². The van der Waals surface area contributed by atoms with Gasteiger partial charge in [0.25, 0.3) is 5.91 Å². The number of amides is 1. The summed E-state index contributed by atoms with van der Waals surface area (Å²) in [5, 5.41) is 25.6. The highest BCUT2D eigenvalue weighted by atomic mass is 16.3. The van der Waals surface area contributed by atoms with Crippen molar-refractivity contribution in [3.63, 3.8) is 0 Å². The number of rotatable bonds is 7. The zero-order valence-electron chi connectivity index (χ0n) is 18.1. The third kappa shape index (κ3) is 5.15. The van der Waals surface area contributed by atoms with Crippen LogP contribution in [0.25, 0.3) is 11.3 Å². The molecule has 1 fully saturated rings. The quantitative estimate of drug-likeness (QED) is 0.389. The summed E-state index contributed by atoms with van der Waals surface area (Å²) in [7, 11) is 0. The van der Waals surface area contributed by atoms with Gasteiger partial charge in [0.15, 0.2) is 0 Å². The fourth-order valence-electron chi connectivity index (χ4n) is 4.02. The Balaban J connectivity index is 1.47. The highest BCUT2D eigenvalue weighted by molar-refractivity contribution is 5.94. The fraction of sp³-hybridized carbons (Fsp3) is 0.375. The summed E-state index contributed by atoms with van der Waals surface area (Å²) in [6.07, 6.45) is 6.65. The van der Waals surface area contributed by atoms with Crippen molar-refractivity contribution < 1.29 is 15.0 Å². The maximum Gasteiger partial charge on any atom is 0.268 e. The van der Waals surface area contributed by atoms with E-state index in [1.807, 2.05) is 37.3 Å². The molecule has 2 aromatic heterocycles. The highest BCUT2D eigenvalue weighted by Gasteiger charge is 2.21. The van der Waals surface area contributed by atoms with E-state index in [1.54, 1.807) is 18.5 Å². The van der Waals surface area contributed by atoms with Gasteiger partial charge in [-0.2, -0.15) is 0 Å². The number of hydrogen-bond donors (Lipinski definition) is 5. The van der Waals surface area contributed by atoms with Gasteiger partial charge in [-0.1, -0.05) is 30.3 Å². The smallest absolute Gasteiger partial charge is 0.268 e. The molecule has 1 amide bonds. The van der Waals surface area contributed by atoms with Crippen LogP contribution in [0.2, 0.25) is 0 Å². The van der Waals surface area contributed by atoms with Crippen molar-refractivity contribution >= 4 is 11.9 Å². The average molecular weight is 436 g/mol. The molecule has 0 saturated heterocycles. The summed E-state index contributed by atoms with van der Waals surface area (Å²) in [4.78, 5) is 24.8. The lowest BCUT2D eigenvalue weighted by atomic mass is 9.93. The van der Waals surface area contributed by atoms with Crippen LogP contribution in [-0.4, -0.2) is 49.8 Å². The number of carbonyl (C=O) groups is 1. The molecule has 168 valence electrons. The average Bonchev–Trinajstić information content (AvgIpc) is 3.31. The number of nitrogens with one attached hydrogen (secondary N) is 3. The number of carbonyl (C=O) groups excluding carboxylic acids is 1. The summed E-state index contributed by atoms with van der Waals surface area (Å²) in [6.45, 7) is 1.74. The largest absolute Gasteiger partial charge is 0.394 e. The van der Waals surface area contributed by atoms with Gasteiger partial charge in [-0.15, -0.1) is 0 Å². The van der Waals surface area contributed by atoms with Crippen LogP contribution in [0.4, 0.5) is 5.95 Å². The number of aromatic amines is 1. The molecule has 1 aliphatic carbocycles. The molecule has 1 unspecified atom stereocenters. The van der Waals surface area contributed by atoms with Gasteiger partial charge < -0.3 is 25.8 Å². The Labute approximate surface area is 187 Å². The van der Waals surface area contributed by atoms with Crippen LogP contribution in [0.5, 0.6) is 0 Å². The summed E-state index contributed by atoms with van der Waals surface area (Å²) in [5.41, 5.74) is 3.67. The summed E-state index contributed by atoms with van der Waals surface area (Å²) in [5.74, 6) is 0.244. The van der Waals surface area contributed by atoms with E-state index in [-0.39, 0.29) is 24.7 Å². The van der Waals surface area contributed by atoms with Gasteiger partial charge >= 0.3 is 0 Å². The van der Waals surface area contributed by atoms with Crippen molar-refractivity contribution in [3.05, 3.63) is 65.6 Å². The van der Waals surface area contributed by atoms with Crippen LogP contribution in [0.3, 0.4) is 0 Å². The van der Waals surface area contributed by atoms with Crippen molar-refractivity contribution in [1.29, 1.82) is 0 Å². The first-order chi connectivity index (χ1) is 15.5. The maximum absolute atomic E-state index is 12.8. The topological polar surface area (TPSA) is 123 Å². The van der Waals surface area contributed by atoms with E-state index in [1.165, 1.54) is 0 Å². The lowest BCUT2D eigenvalue weighted by Gasteiger charge is -2.26. The molecule has 4 rings (SSSR count). The third-order valence-corrected chi connectivity index (χ3v) is 5.89. The minimum absolute atomic E-state index is 0.193. The molecule has 0 spiro atoms. The molecule has 0 aliphatic heterocycles. The Morgan fingerprint density at radius 3 is 2.69 bits per heavy atom. The first-order valence-corrected chi connectivity index (χ1v) is 11.0. The van der Waals surface area contributed by atoms with Crippen LogP contribution in [-0.2, 0) is 0 Å². The zero-order chi connectivity index (χ0) is 22.5. The lowest BCUT2D eigenvalue weighted by molar-refractivity contribution is 0.0911. The van der Waals surface area contributed by atoms with Gasteiger partial charge in [-0.25, -0.2) is 9.97 Å². The monoisotopic (exact) mass is 435 g/mol. The maximum atomic E-state index is 12.8. The molecule has 32 heavy (non-hydrogen) atoms. The first kappa shape index (κ1) is 22.0. The van der Waals surface area contributed by atoms with Crippen LogP contribution < -0.4 is 10.6 Å². The number of hydrogen-bond acceptors (Lipinski definition) is 6. The molecular weight excluding hydrogens is 406 g/mol. The Kier molecular flexibility index (Phi) is 6.82. The number of nitrogens with zero attached hydrogens (tertiary/aromatic N) is 2.